The van der Waals surface area contributed by atoms with E-state index in [1.165, 1.54) is 0 Å². The smallest absolute Gasteiger partial charge is 0.303 e. The first kappa shape index (κ1) is 14.9. The number of carbonyl (C=O) groups is 1. The lowest BCUT2D eigenvalue weighted by atomic mass is 10.1. The molecule has 2 heterocycles. The molecular formula is C15H17N3O3. The number of nitrogens with one attached hydrogen (secondary N) is 1. The van der Waals surface area contributed by atoms with Gasteiger partial charge in [0.25, 0.3) is 5.56 Å². The molecule has 2 rings (SSSR count). The lowest BCUT2D eigenvalue weighted by Gasteiger charge is -2.08. The second-order valence-corrected chi connectivity index (χ2v) is 5.01. The van der Waals surface area contributed by atoms with Gasteiger partial charge >= 0.3 is 5.97 Å². The van der Waals surface area contributed by atoms with Crippen LogP contribution in [0.15, 0.2) is 16.9 Å². The van der Waals surface area contributed by atoms with E-state index in [1.54, 1.807) is 6.92 Å². The molecule has 0 aromatic carbocycles. The van der Waals surface area contributed by atoms with Crippen molar-refractivity contribution in [2.75, 3.05) is 0 Å². The summed E-state index contributed by atoms with van der Waals surface area (Å²) >= 11 is 0. The molecule has 2 aromatic rings. The van der Waals surface area contributed by atoms with E-state index in [0.29, 0.717) is 17.1 Å². The fourth-order valence-electron chi connectivity index (χ4n) is 2.24. The van der Waals surface area contributed by atoms with Crippen molar-refractivity contribution in [1.29, 1.82) is 0 Å². The van der Waals surface area contributed by atoms with Crippen LogP contribution in [0.1, 0.15) is 29.1 Å². The molecule has 2 N–H and O–H groups in total. The molecule has 0 bridgehead atoms. The van der Waals surface area contributed by atoms with Crippen LogP contribution in [0.2, 0.25) is 0 Å². The number of nitrogens with zero attached hydrogens (tertiary/aromatic N) is 2. The van der Waals surface area contributed by atoms with Gasteiger partial charge in [-0.1, -0.05) is 0 Å². The normalized spacial score (nSPS) is 10.6. The van der Waals surface area contributed by atoms with Gasteiger partial charge in [0, 0.05) is 34.6 Å². The van der Waals surface area contributed by atoms with E-state index in [0.717, 1.165) is 17.0 Å². The van der Waals surface area contributed by atoms with Crippen molar-refractivity contribution in [3.63, 3.8) is 0 Å². The summed E-state index contributed by atoms with van der Waals surface area (Å²) in [6.07, 6.45) is 0.0938. The number of aromatic amines is 1. The third-order valence-electron chi connectivity index (χ3n) is 3.17. The van der Waals surface area contributed by atoms with Crippen molar-refractivity contribution in [3.8, 4) is 11.4 Å². The van der Waals surface area contributed by atoms with Gasteiger partial charge in [-0.2, -0.15) is 0 Å². The summed E-state index contributed by atoms with van der Waals surface area (Å²) in [7, 11) is 0. The van der Waals surface area contributed by atoms with E-state index in [4.69, 9.17) is 5.11 Å². The van der Waals surface area contributed by atoms with Crippen molar-refractivity contribution < 1.29 is 9.90 Å². The van der Waals surface area contributed by atoms with Gasteiger partial charge in [0.15, 0.2) is 0 Å². The first-order chi connectivity index (χ1) is 9.86. The maximum Gasteiger partial charge on any atom is 0.303 e. The van der Waals surface area contributed by atoms with Crippen LogP contribution in [-0.2, 0) is 11.2 Å². The van der Waals surface area contributed by atoms with Crippen LogP contribution in [0.3, 0.4) is 0 Å². The Hall–Kier alpha value is -2.50. The van der Waals surface area contributed by atoms with E-state index >= 15 is 0 Å². The summed E-state index contributed by atoms with van der Waals surface area (Å²) in [6, 6.07) is 3.70. The van der Waals surface area contributed by atoms with E-state index in [2.05, 4.69) is 15.0 Å². The Morgan fingerprint density at radius 2 is 1.81 bits per heavy atom. The highest BCUT2D eigenvalue weighted by Gasteiger charge is 2.11. The van der Waals surface area contributed by atoms with Gasteiger partial charge in [-0.15, -0.1) is 0 Å². The number of carboxylic acids is 1. The molecule has 0 fully saturated rings. The molecular weight excluding hydrogens is 270 g/mol. The van der Waals surface area contributed by atoms with Gasteiger partial charge in [-0.25, -0.2) is 4.98 Å². The zero-order valence-electron chi connectivity index (χ0n) is 12.2. The number of carboxylic acid groups (broad SMARTS) is 1. The molecule has 0 aliphatic rings. The number of pyridine rings is 1. The highest BCUT2D eigenvalue weighted by Crippen LogP contribution is 2.17. The third kappa shape index (κ3) is 3.53. The molecule has 0 radical (unpaired) electrons. The quantitative estimate of drug-likeness (QED) is 0.893. The monoisotopic (exact) mass is 287 g/mol. The predicted molar refractivity (Wildman–Crippen MR) is 78.3 cm³/mol. The van der Waals surface area contributed by atoms with Gasteiger partial charge in [0.1, 0.15) is 5.82 Å². The first-order valence-corrected chi connectivity index (χ1v) is 6.64. The van der Waals surface area contributed by atoms with E-state index in [9.17, 15) is 9.59 Å². The highest BCUT2D eigenvalue weighted by atomic mass is 16.4. The van der Waals surface area contributed by atoms with Crippen LogP contribution in [0.5, 0.6) is 0 Å². The zero-order chi connectivity index (χ0) is 15.6. The Labute approximate surface area is 121 Å². The van der Waals surface area contributed by atoms with Gasteiger partial charge in [-0.3, -0.25) is 14.6 Å². The third-order valence-corrected chi connectivity index (χ3v) is 3.17. The average molecular weight is 287 g/mol. The number of aryl methyl sites for hydroxylation is 3. The standard InChI is InChI=1S/C15H17N3O3/c1-8-6-11(7-9(2)16-8)14-17-10(3)12(15(21)18-14)4-5-13(19)20/h6-7H,4-5H2,1-3H3,(H,19,20)(H,17,18,21). The minimum atomic E-state index is -0.932. The van der Waals surface area contributed by atoms with Crippen molar-refractivity contribution in [2.24, 2.45) is 0 Å². The van der Waals surface area contributed by atoms with Crippen LogP contribution >= 0.6 is 0 Å². The largest absolute Gasteiger partial charge is 0.481 e. The first-order valence-electron chi connectivity index (χ1n) is 6.64. The van der Waals surface area contributed by atoms with Crippen LogP contribution in [0, 0.1) is 20.8 Å². The Morgan fingerprint density at radius 1 is 1.19 bits per heavy atom. The number of hydrogen-bond acceptors (Lipinski definition) is 4. The molecule has 2 aromatic heterocycles. The summed E-state index contributed by atoms with van der Waals surface area (Å²) in [5.74, 6) is -0.455. The van der Waals surface area contributed by atoms with Crippen molar-refractivity contribution in [2.45, 2.75) is 33.6 Å². The minimum Gasteiger partial charge on any atom is -0.481 e. The molecule has 0 saturated heterocycles. The van der Waals surface area contributed by atoms with Crippen molar-refractivity contribution >= 4 is 5.97 Å². The van der Waals surface area contributed by atoms with Crippen LogP contribution < -0.4 is 5.56 Å². The van der Waals surface area contributed by atoms with Crippen molar-refractivity contribution in [1.82, 2.24) is 15.0 Å². The molecule has 0 atom stereocenters. The molecule has 0 aliphatic heterocycles. The highest BCUT2D eigenvalue weighted by molar-refractivity contribution is 5.67. The fraction of sp³-hybridized carbons (Fsp3) is 0.333. The second kappa shape index (κ2) is 5.87. The summed E-state index contributed by atoms with van der Waals surface area (Å²) in [4.78, 5) is 34.1. The molecule has 0 aliphatic carbocycles. The topological polar surface area (TPSA) is 95.9 Å². The van der Waals surface area contributed by atoms with Gasteiger partial charge in [-0.05, 0) is 39.3 Å². The molecule has 0 unspecified atom stereocenters. The zero-order valence-corrected chi connectivity index (χ0v) is 12.2. The molecule has 6 nitrogen and oxygen atoms in total. The van der Waals surface area contributed by atoms with E-state index in [1.807, 2.05) is 26.0 Å². The Kier molecular flexibility index (Phi) is 4.16. The van der Waals surface area contributed by atoms with Crippen LogP contribution in [0.4, 0.5) is 0 Å². The maximum absolute atomic E-state index is 12.1. The molecule has 6 heteroatoms. The fourth-order valence-corrected chi connectivity index (χ4v) is 2.24. The average Bonchev–Trinajstić information content (AvgIpc) is 2.36. The summed E-state index contributed by atoms with van der Waals surface area (Å²) in [5.41, 5.74) is 3.18. The number of H-pyrrole nitrogens is 1. The number of hydrogen-bond donors (Lipinski definition) is 2. The van der Waals surface area contributed by atoms with Gasteiger partial charge < -0.3 is 10.1 Å². The summed E-state index contributed by atoms with van der Waals surface area (Å²) in [5, 5.41) is 8.71. The van der Waals surface area contributed by atoms with Crippen LogP contribution in [0.25, 0.3) is 11.4 Å². The lowest BCUT2D eigenvalue weighted by Crippen LogP contribution is -2.18. The summed E-state index contributed by atoms with van der Waals surface area (Å²) in [6.45, 7) is 5.47. The molecule has 0 spiro atoms. The predicted octanol–water partition coefficient (Wildman–Crippen LogP) is 1.77. The second-order valence-electron chi connectivity index (χ2n) is 5.01. The Bertz CT molecular complexity index is 730. The van der Waals surface area contributed by atoms with Gasteiger partial charge in [0.2, 0.25) is 0 Å². The Balaban J connectivity index is 2.44. The Morgan fingerprint density at radius 3 is 2.33 bits per heavy atom. The number of rotatable bonds is 4. The van der Waals surface area contributed by atoms with Gasteiger partial charge in [0.05, 0.1) is 0 Å². The molecule has 110 valence electrons. The number of aromatic nitrogens is 3. The molecule has 21 heavy (non-hydrogen) atoms. The molecule has 0 amide bonds. The minimum absolute atomic E-state index is 0.0849. The van der Waals surface area contributed by atoms with Crippen LogP contribution in [-0.4, -0.2) is 26.0 Å². The SMILES string of the molecule is Cc1cc(-c2nc(C)c(CCC(=O)O)c(=O)[nH]2)cc(C)n1. The molecule has 0 saturated carbocycles. The van der Waals surface area contributed by atoms with Crippen molar-refractivity contribution in [3.05, 3.63) is 45.1 Å². The maximum atomic E-state index is 12.1. The lowest BCUT2D eigenvalue weighted by molar-refractivity contribution is -0.136. The summed E-state index contributed by atoms with van der Waals surface area (Å²) < 4.78 is 0. The van der Waals surface area contributed by atoms with E-state index < -0.39 is 5.97 Å². The number of aliphatic carboxylic acids is 1. The van der Waals surface area contributed by atoms with E-state index in [-0.39, 0.29) is 18.4 Å².